The number of aromatic hydroxyl groups is 1. The van der Waals surface area contributed by atoms with Gasteiger partial charge < -0.3 is 15.3 Å². The van der Waals surface area contributed by atoms with E-state index in [9.17, 15) is 5.11 Å². The molecule has 0 fully saturated rings. The number of aliphatic hydroxyl groups excluding tert-OH is 2. The standard InChI is InChI=1S/C12H18O3/c13-8-10(9-14)4-3-6-11-5-1-2-7-12(11)15/h1-2,5,7,10,13-15H,3-4,6,8-9H2. The largest absolute Gasteiger partial charge is 0.508 e. The summed E-state index contributed by atoms with van der Waals surface area (Å²) in [5.41, 5.74) is 0.923. The molecule has 0 spiro atoms. The monoisotopic (exact) mass is 210 g/mol. The van der Waals surface area contributed by atoms with Gasteiger partial charge in [-0.2, -0.15) is 0 Å². The van der Waals surface area contributed by atoms with Crippen molar-refractivity contribution < 1.29 is 15.3 Å². The summed E-state index contributed by atoms with van der Waals surface area (Å²) < 4.78 is 0. The Kier molecular flexibility index (Phi) is 5.15. The van der Waals surface area contributed by atoms with Crippen molar-refractivity contribution in [2.45, 2.75) is 19.3 Å². The lowest BCUT2D eigenvalue weighted by Crippen LogP contribution is -2.10. The van der Waals surface area contributed by atoms with Gasteiger partial charge in [0.25, 0.3) is 0 Å². The zero-order chi connectivity index (χ0) is 11.1. The van der Waals surface area contributed by atoms with E-state index in [0.717, 1.165) is 24.8 Å². The first-order valence-electron chi connectivity index (χ1n) is 5.26. The first-order valence-corrected chi connectivity index (χ1v) is 5.26. The summed E-state index contributed by atoms with van der Waals surface area (Å²) in [7, 11) is 0. The predicted octanol–water partition coefficient (Wildman–Crippen LogP) is 1.32. The van der Waals surface area contributed by atoms with Crippen LogP contribution < -0.4 is 0 Å². The summed E-state index contributed by atoms with van der Waals surface area (Å²) >= 11 is 0. The predicted molar refractivity (Wildman–Crippen MR) is 58.7 cm³/mol. The maximum absolute atomic E-state index is 9.49. The van der Waals surface area contributed by atoms with Gasteiger partial charge in [0.1, 0.15) is 5.75 Å². The zero-order valence-electron chi connectivity index (χ0n) is 8.76. The first-order chi connectivity index (χ1) is 7.27. The van der Waals surface area contributed by atoms with Crippen LogP contribution in [-0.2, 0) is 6.42 Å². The Bertz CT molecular complexity index is 282. The second-order valence-electron chi connectivity index (χ2n) is 3.75. The number of hydrogen-bond donors (Lipinski definition) is 3. The number of phenols is 1. The van der Waals surface area contributed by atoms with Gasteiger partial charge in [-0.15, -0.1) is 0 Å². The highest BCUT2D eigenvalue weighted by molar-refractivity contribution is 5.31. The normalized spacial score (nSPS) is 10.9. The highest BCUT2D eigenvalue weighted by Gasteiger charge is 2.06. The quantitative estimate of drug-likeness (QED) is 0.663. The third-order valence-corrected chi connectivity index (χ3v) is 2.57. The van der Waals surface area contributed by atoms with E-state index in [2.05, 4.69) is 0 Å². The molecule has 0 aromatic heterocycles. The number of rotatable bonds is 6. The summed E-state index contributed by atoms with van der Waals surface area (Å²) in [6.07, 6.45) is 2.42. The van der Waals surface area contributed by atoms with Crippen LogP contribution in [0.2, 0.25) is 0 Å². The Labute approximate surface area is 90.0 Å². The number of phenolic OH excluding ortho intramolecular Hbond substituents is 1. The molecule has 0 aliphatic carbocycles. The van der Waals surface area contributed by atoms with Crippen molar-refractivity contribution >= 4 is 0 Å². The van der Waals surface area contributed by atoms with Crippen LogP contribution in [-0.4, -0.2) is 28.5 Å². The van der Waals surface area contributed by atoms with Gasteiger partial charge in [-0.3, -0.25) is 0 Å². The SMILES string of the molecule is OCC(CO)CCCc1ccccc1O. The smallest absolute Gasteiger partial charge is 0.118 e. The third-order valence-electron chi connectivity index (χ3n) is 2.57. The number of hydrogen-bond acceptors (Lipinski definition) is 3. The van der Waals surface area contributed by atoms with Crippen LogP contribution in [0.25, 0.3) is 0 Å². The topological polar surface area (TPSA) is 60.7 Å². The Morgan fingerprint density at radius 3 is 2.33 bits per heavy atom. The Hall–Kier alpha value is -1.06. The maximum atomic E-state index is 9.49. The van der Waals surface area contributed by atoms with Gasteiger partial charge >= 0.3 is 0 Å². The number of aliphatic hydroxyl groups is 2. The molecular formula is C12H18O3. The lowest BCUT2D eigenvalue weighted by Gasteiger charge is -2.10. The fourth-order valence-electron chi connectivity index (χ4n) is 1.54. The summed E-state index contributed by atoms with van der Waals surface area (Å²) in [5, 5.41) is 27.2. The third kappa shape index (κ3) is 3.90. The molecule has 1 aromatic carbocycles. The Morgan fingerprint density at radius 1 is 1.07 bits per heavy atom. The molecule has 3 heteroatoms. The van der Waals surface area contributed by atoms with Crippen LogP contribution in [0.1, 0.15) is 18.4 Å². The minimum atomic E-state index is -0.0316. The number of para-hydroxylation sites is 1. The van der Waals surface area contributed by atoms with Crippen molar-refractivity contribution in [3.63, 3.8) is 0 Å². The summed E-state index contributed by atoms with van der Waals surface area (Å²) in [4.78, 5) is 0. The molecule has 15 heavy (non-hydrogen) atoms. The summed E-state index contributed by atoms with van der Waals surface area (Å²) in [6, 6.07) is 7.25. The maximum Gasteiger partial charge on any atom is 0.118 e. The van der Waals surface area contributed by atoms with Gasteiger partial charge in [-0.1, -0.05) is 18.2 Å². The van der Waals surface area contributed by atoms with Crippen molar-refractivity contribution in [2.24, 2.45) is 5.92 Å². The van der Waals surface area contributed by atoms with E-state index in [4.69, 9.17) is 10.2 Å². The van der Waals surface area contributed by atoms with Gasteiger partial charge in [-0.25, -0.2) is 0 Å². The molecule has 0 aliphatic heterocycles. The van der Waals surface area contributed by atoms with E-state index in [-0.39, 0.29) is 19.1 Å². The minimum absolute atomic E-state index is 0.0251. The molecule has 3 N–H and O–H groups in total. The first kappa shape index (κ1) is 12.0. The van der Waals surface area contributed by atoms with Gasteiger partial charge in [-0.05, 0) is 30.9 Å². The fourth-order valence-corrected chi connectivity index (χ4v) is 1.54. The molecule has 0 radical (unpaired) electrons. The van der Waals surface area contributed by atoms with Crippen LogP contribution in [0.3, 0.4) is 0 Å². The van der Waals surface area contributed by atoms with Crippen LogP contribution in [0.4, 0.5) is 0 Å². The molecule has 0 aliphatic rings. The van der Waals surface area contributed by atoms with Crippen LogP contribution in [0.5, 0.6) is 5.75 Å². The second-order valence-corrected chi connectivity index (χ2v) is 3.75. The molecule has 0 amide bonds. The zero-order valence-corrected chi connectivity index (χ0v) is 8.76. The highest BCUT2D eigenvalue weighted by atomic mass is 16.3. The van der Waals surface area contributed by atoms with Gasteiger partial charge in [0.05, 0.1) is 0 Å². The average molecular weight is 210 g/mol. The van der Waals surface area contributed by atoms with Gasteiger partial charge in [0, 0.05) is 19.1 Å². The van der Waals surface area contributed by atoms with Crippen molar-refractivity contribution in [2.75, 3.05) is 13.2 Å². The molecule has 84 valence electrons. The van der Waals surface area contributed by atoms with E-state index < -0.39 is 0 Å². The fraction of sp³-hybridized carbons (Fsp3) is 0.500. The molecule has 0 heterocycles. The molecule has 0 saturated carbocycles. The van der Waals surface area contributed by atoms with Gasteiger partial charge in [0.15, 0.2) is 0 Å². The summed E-state index contributed by atoms with van der Waals surface area (Å²) in [5.74, 6) is 0.290. The minimum Gasteiger partial charge on any atom is -0.508 e. The van der Waals surface area contributed by atoms with Gasteiger partial charge in [0.2, 0.25) is 0 Å². The van der Waals surface area contributed by atoms with Crippen LogP contribution >= 0.6 is 0 Å². The molecule has 1 aromatic rings. The highest BCUT2D eigenvalue weighted by Crippen LogP contribution is 2.19. The molecular weight excluding hydrogens is 192 g/mol. The molecule has 0 unspecified atom stereocenters. The van der Waals surface area contributed by atoms with E-state index in [1.807, 2.05) is 12.1 Å². The lowest BCUT2D eigenvalue weighted by atomic mass is 10.0. The lowest BCUT2D eigenvalue weighted by molar-refractivity contribution is 0.142. The van der Waals surface area contributed by atoms with Crippen molar-refractivity contribution in [1.82, 2.24) is 0 Å². The number of aryl methyl sites for hydroxylation is 1. The molecule has 3 nitrogen and oxygen atoms in total. The second kappa shape index (κ2) is 6.43. The summed E-state index contributed by atoms with van der Waals surface area (Å²) in [6.45, 7) is 0.0501. The van der Waals surface area contributed by atoms with Crippen molar-refractivity contribution in [1.29, 1.82) is 0 Å². The van der Waals surface area contributed by atoms with E-state index in [1.54, 1.807) is 12.1 Å². The van der Waals surface area contributed by atoms with Crippen LogP contribution in [0, 0.1) is 5.92 Å². The average Bonchev–Trinajstić information content (AvgIpc) is 2.27. The molecule has 0 atom stereocenters. The van der Waals surface area contributed by atoms with E-state index >= 15 is 0 Å². The number of benzene rings is 1. The molecule has 0 bridgehead atoms. The van der Waals surface area contributed by atoms with Crippen LogP contribution in [0.15, 0.2) is 24.3 Å². The van der Waals surface area contributed by atoms with Crippen molar-refractivity contribution in [3.8, 4) is 5.75 Å². The van der Waals surface area contributed by atoms with E-state index in [0.29, 0.717) is 5.75 Å². The van der Waals surface area contributed by atoms with E-state index in [1.165, 1.54) is 0 Å². The molecule has 0 saturated heterocycles. The Balaban J connectivity index is 2.34. The Morgan fingerprint density at radius 2 is 1.73 bits per heavy atom. The molecule has 1 rings (SSSR count). The van der Waals surface area contributed by atoms with Crippen molar-refractivity contribution in [3.05, 3.63) is 29.8 Å².